The zero-order chi connectivity index (χ0) is 16.9. The number of halogens is 1. The third kappa shape index (κ3) is 3.76. The first-order valence-electron chi connectivity index (χ1n) is 7.53. The van der Waals surface area contributed by atoms with Gasteiger partial charge in [0.1, 0.15) is 11.5 Å². The number of rotatable bonds is 4. The Labute approximate surface area is 145 Å². The van der Waals surface area contributed by atoms with Crippen LogP contribution >= 0.6 is 11.6 Å². The van der Waals surface area contributed by atoms with Crippen LogP contribution in [-0.4, -0.2) is 5.91 Å². The van der Waals surface area contributed by atoms with Gasteiger partial charge in [0.05, 0.1) is 0 Å². The van der Waals surface area contributed by atoms with Crippen LogP contribution in [0.3, 0.4) is 0 Å². The van der Waals surface area contributed by atoms with Gasteiger partial charge in [-0.25, -0.2) is 0 Å². The lowest BCUT2D eigenvalue weighted by atomic mass is 10.1. The number of hydrogen-bond acceptors (Lipinski definition) is 2. The normalized spacial score (nSPS) is 10.2. The van der Waals surface area contributed by atoms with Gasteiger partial charge in [-0.05, 0) is 55.0 Å². The van der Waals surface area contributed by atoms with Crippen molar-refractivity contribution in [1.82, 2.24) is 0 Å². The molecule has 0 radical (unpaired) electrons. The first kappa shape index (κ1) is 16.1. The van der Waals surface area contributed by atoms with Crippen molar-refractivity contribution < 1.29 is 9.53 Å². The smallest absolute Gasteiger partial charge is 0.255 e. The molecule has 0 atom stereocenters. The number of para-hydroxylation sites is 1. The van der Waals surface area contributed by atoms with Crippen molar-refractivity contribution in [3.8, 4) is 11.5 Å². The lowest BCUT2D eigenvalue weighted by Crippen LogP contribution is -2.12. The molecule has 120 valence electrons. The third-order valence-corrected chi connectivity index (χ3v) is 4.00. The van der Waals surface area contributed by atoms with E-state index in [4.69, 9.17) is 16.3 Å². The molecule has 1 amide bonds. The van der Waals surface area contributed by atoms with E-state index in [0.717, 1.165) is 11.3 Å². The minimum absolute atomic E-state index is 0.209. The molecule has 0 bridgehead atoms. The summed E-state index contributed by atoms with van der Waals surface area (Å²) in [6.07, 6.45) is 0. The van der Waals surface area contributed by atoms with Crippen LogP contribution in [0.5, 0.6) is 11.5 Å². The van der Waals surface area contributed by atoms with Crippen LogP contribution < -0.4 is 10.1 Å². The molecule has 0 fully saturated rings. The molecule has 3 rings (SSSR count). The van der Waals surface area contributed by atoms with Crippen molar-refractivity contribution in [2.75, 3.05) is 5.32 Å². The van der Waals surface area contributed by atoms with E-state index in [0.29, 0.717) is 22.0 Å². The number of benzene rings is 3. The van der Waals surface area contributed by atoms with Crippen molar-refractivity contribution in [3.05, 3.63) is 88.9 Å². The standard InChI is InChI=1S/C20H16ClNO2/c1-14-18(21)11-6-12-19(14)22-20(23)15-7-5-10-17(13-15)24-16-8-3-2-4-9-16/h2-13H,1H3,(H,22,23). The first-order valence-corrected chi connectivity index (χ1v) is 7.91. The molecule has 4 heteroatoms. The fourth-order valence-electron chi connectivity index (χ4n) is 2.26. The van der Waals surface area contributed by atoms with E-state index in [9.17, 15) is 4.79 Å². The SMILES string of the molecule is Cc1c(Cl)cccc1NC(=O)c1cccc(Oc2ccccc2)c1. The van der Waals surface area contributed by atoms with E-state index >= 15 is 0 Å². The second kappa shape index (κ2) is 7.20. The van der Waals surface area contributed by atoms with Crippen molar-refractivity contribution in [1.29, 1.82) is 0 Å². The zero-order valence-electron chi connectivity index (χ0n) is 13.1. The predicted octanol–water partition coefficient (Wildman–Crippen LogP) is 5.69. The minimum atomic E-state index is -0.209. The highest BCUT2D eigenvalue weighted by atomic mass is 35.5. The highest BCUT2D eigenvalue weighted by Gasteiger charge is 2.10. The molecule has 0 heterocycles. The number of carbonyl (C=O) groups excluding carboxylic acids is 1. The number of amides is 1. The maximum absolute atomic E-state index is 12.5. The van der Waals surface area contributed by atoms with Crippen LogP contribution in [0.4, 0.5) is 5.69 Å². The van der Waals surface area contributed by atoms with E-state index in [1.54, 1.807) is 30.3 Å². The second-order valence-electron chi connectivity index (χ2n) is 5.31. The van der Waals surface area contributed by atoms with Gasteiger partial charge in [0.2, 0.25) is 0 Å². The monoisotopic (exact) mass is 337 g/mol. The Morgan fingerprint density at radius 1 is 0.917 bits per heavy atom. The van der Waals surface area contributed by atoms with Crippen LogP contribution in [0, 0.1) is 6.92 Å². The molecule has 0 spiro atoms. The molecule has 0 saturated heterocycles. The zero-order valence-corrected chi connectivity index (χ0v) is 13.9. The van der Waals surface area contributed by atoms with Crippen LogP contribution in [0.25, 0.3) is 0 Å². The molecule has 0 aliphatic heterocycles. The predicted molar refractivity (Wildman–Crippen MR) is 97.1 cm³/mol. The average Bonchev–Trinajstić information content (AvgIpc) is 2.60. The summed E-state index contributed by atoms with van der Waals surface area (Å²) >= 11 is 6.09. The van der Waals surface area contributed by atoms with Gasteiger partial charge in [-0.1, -0.05) is 41.9 Å². The Hall–Kier alpha value is -2.78. The van der Waals surface area contributed by atoms with Crippen molar-refractivity contribution in [2.45, 2.75) is 6.92 Å². The fourth-order valence-corrected chi connectivity index (χ4v) is 2.44. The minimum Gasteiger partial charge on any atom is -0.457 e. The molecule has 3 aromatic rings. The Morgan fingerprint density at radius 3 is 2.42 bits per heavy atom. The maximum Gasteiger partial charge on any atom is 0.255 e. The van der Waals surface area contributed by atoms with Gasteiger partial charge in [0.15, 0.2) is 0 Å². The van der Waals surface area contributed by atoms with Crippen molar-refractivity contribution in [2.24, 2.45) is 0 Å². The van der Waals surface area contributed by atoms with Crippen LogP contribution in [-0.2, 0) is 0 Å². The summed E-state index contributed by atoms with van der Waals surface area (Å²) in [5.74, 6) is 1.12. The molecule has 24 heavy (non-hydrogen) atoms. The van der Waals surface area contributed by atoms with Crippen molar-refractivity contribution >= 4 is 23.2 Å². The number of nitrogens with one attached hydrogen (secondary N) is 1. The Balaban J connectivity index is 1.78. The molecule has 0 unspecified atom stereocenters. The number of hydrogen-bond donors (Lipinski definition) is 1. The first-order chi connectivity index (χ1) is 11.6. The summed E-state index contributed by atoms with van der Waals surface area (Å²) in [5, 5.41) is 3.50. The fraction of sp³-hybridized carbons (Fsp3) is 0.0500. The van der Waals surface area contributed by atoms with Crippen molar-refractivity contribution in [3.63, 3.8) is 0 Å². The maximum atomic E-state index is 12.5. The molecular formula is C20H16ClNO2. The average molecular weight is 338 g/mol. The van der Waals surface area contributed by atoms with E-state index in [1.807, 2.05) is 49.4 Å². The van der Waals surface area contributed by atoms with E-state index in [1.165, 1.54) is 0 Å². The summed E-state index contributed by atoms with van der Waals surface area (Å²) in [6, 6.07) is 21.9. The summed E-state index contributed by atoms with van der Waals surface area (Å²) < 4.78 is 5.76. The topological polar surface area (TPSA) is 38.3 Å². The summed E-state index contributed by atoms with van der Waals surface area (Å²) in [7, 11) is 0. The largest absolute Gasteiger partial charge is 0.457 e. The number of anilines is 1. The third-order valence-electron chi connectivity index (χ3n) is 3.59. The summed E-state index contributed by atoms with van der Waals surface area (Å²) in [4.78, 5) is 12.5. The van der Waals surface area contributed by atoms with E-state index in [2.05, 4.69) is 5.32 Å². The highest BCUT2D eigenvalue weighted by Crippen LogP contribution is 2.25. The number of carbonyl (C=O) groups is 1. The van der Waals surface area contributed by atoms with Crippen LogP contribution in [0.15, 0.2) is 72.8 Å². The Morgan fingerprint density at radius 2 is 1.62 bits per heavy atom. The molecular weight excluding hydrogens is 322 g/mol. The van der Waals surface area contributed by atoms with Gasteiger partial charge in [-0.2, -0.15) is 0 Å². The van der Waals surface area contributed by atoms with E-state index < -0.39 is 0 Å². The highest BCUT2D eigenvalue weighted by molar-refractivity contribution is 6.31. The molecule has 0 aliphatic carbocycles. The summed E-state index contributed by atoms with van der Waals surface area (Å²) in [5.41, 5.74) is 2.05. The van der Waals surface area contributed by atoms with Gasteiger partial charge in [-0.3, -0.25) is 4.79 Å². The quantitative estimate of drug-likeness (QED) is 0.663. The molecule has 0 saturated carbocycles. The van der Waals surface area contributed by atoms with Gasteiger partial charge in [0.25, 0.3) is 5.91 Å². The lowest BCUT2D eigenvalue weighted by molar-refractivity contribution is 0.102. The van der Waals surface area contributed by atoms with Gasteiger partial charge < -0.3 is 10.1 Å². The summed E-state index contributed by atoms with van der Waals surface area (Å²) in [6.45, 7) is 1.87. The second-order valence-corrected chi connectivity index (χ2v) is 5.72. The molecule has 3 nitrogen and oxygen atoms in total. The van der Waals surface area contributed by atoms with Gasteiger partial charge >= 0.3 is 0 Å². The van der Waals surface area contributed by atoms with E-state index in [-0.39, 0.29) is 5.91 Å². The molecule has 0 aliphatic rings. The molecule has 1 N–H and O–H groups in total. The molecule has 3 aromatic carbocycles. The van der Waals surface area contributed by atoms with Crippen LogP contribution in [0.1, 0.15) is 15.9 Å². The number of ether oxygens (including phenoxy) is 1. The molecule has 0 aromatic heterocycles. The van der Waals surface area contributed by atoms with Gasteiger partial charge in [-0.15, -0.1) is 0 Å². The lowest BCUT2D eigenvalue weighted by Gasteiger charge is -2.11. The Kier molecular flexibility index (Phi) is 4.82. The Bertz CT molecular complexity index is 863. The van der Waals surface area contributed by atoms with Crippen LogP contribution in [0.2, 0.25) is 5.02 Å². The van der Waals surface area contributed by atoms with Gasteiger partial charge in [0, 0.05) is 16.3 Å².